The number of carbonyl (C=O) groups is 1. The van der Waals surface area contributed by atoms with Gasteiger partial charge in [0.05, 0.1) is 18.7 Å². The summed E-state index contributed by atoms with van der Waals surface area (Å²) in [6.07, 6.45) is 1.40. The molecule has 5 nitrogen and oxygen atoms in total. The predicted molar refractivity (Wildman–Crippen MR) is 107 cm³/mol. The third kappa shape index (κ3) is 5.39. The lowest BCUT2D eigenvalue weighted by Crippen LogP contribution is -2.03. The van der Waals surface area contributed by atoms with E-state index in [1.807, 2.05) is 0 Å². The average molecular weight is 471 g/mol. The molecule has 0 spiro atoms. The number of nitriles is 1. The number of ether oxygens (including phenoxy) is 3. The van der Waals surface area contributed by atoms with Gasteiger partial charge >= 0.3 is 5.97 Å². The number of rotatable bonds is 6. The maximum absolute atomic E-state index is 11.6. The Labute approximate surface area is 175 Å². The quantitative estimate of drug-likeness (QED) is 0.320. The number of hydrogen-bond acceptors (Lipinski definition) is 5. The van der Waals surface area contributed by atoms with Crippen molar-refractivity contribution in [3.05, 3.63) is 61.5 Å². The SMILES string of the molecule is COC(=O)/C(C#N)=C/c1cc(Br)c(OCc2ccc(Cl)cc2Cl)c(OC)c1. The number of esters is 1. The van der Waals surface area contributed by atoms with Crippen molar-refractivity contribution in [2.45, 2.75) is 6.61 Å². The lowest BCUT2D eigenvalue weighted by atomic mass is 10.1. The maximum atomic E-state index is 11.6. The van der Waals surface area contributed by atoms with Gasteiger partial charge in [0.1, 0.15) is 18.2 Å². The first-order chi connectivity index (χ1) is 12.9. The van der Waals surface area contributed by atoms with E-state index in [9.17, 15) is 4.79 Å². The third-order valence-electron chi connectivity index (χ3n) is 3.48. The Morgan fingerprint density at radius 1 is 1.26 bits per heavy atom. The van der Waals surface area contributed by atoms with Gasteiger partial charge in [0.25, 0.3) is 0 Å². The van der Waals surface area contributed by atoms with Crippen LogP contribution in [-0.4, -0.2) is 20.2 Å². The molecule has 0 aliphatic heterocycles. The van der Waals surface area contributed by atoms with E-state index in [0.717, 1.165) is 5.56 Å². The molecule has 0 aliphatic carbocycles. The fourth-order valence-corrected chi connectivity index (χ4v) is 3.20. The molecule has 2 rings (SSSR count). The number of methoxy groups -OCH3 is 2. The van der Waals surface area contributed by atoms with E-state index in [-0.39, 0.29) is 12.2 Å². The van der Waals surface area contributed by atoms with Crippen molar-refractivity contribution in [3.8, 4) is 17.6 Å². The lowest BCUT2D eigenvalue weighted by molar-refractivity contribution is -0.135. The van der Waals surface area contributed by atoms with Crippen LogP contribution >= 0.6 is 39.1 Å². The Bertz CT molecular complexity index is 938. The van der Waals surface area contributed by atoms with Crippen LogP contribution in [0.25, 0.3) is 6.08 Å². The van der Waals surface area contributed by atoms with Gasteiger partial charge in [-0.2, -0.15) is 5.26 Å². The Balaban J connectivity index is 2.32. The summed E-state index contributed by atoms with van der Waals surface area (Å²) < 4.78 is 16.4. The highest BCUT2D eigenvalue weighted by atomic mass is 79.9. The number of hydrogen-bond donors (Lipinski definition) is 0. The minimum absolute atomic E-state index is 0.131. The molecule has 0 aliphatic rings. The highest BCUT2D eigenvalue weighted by Crippen LogP contribution is 2.38. The molecule has 0 N–H and O–H groups in total. The van der Waals surface area contributed by atoms with Gasteiger partial charge in [0.15, 0.2) is 11.5 Å². The summed E-state index contributed by atoms with van der Waals surface area (Å²) in [4.78, 5) is 11.6. The molecule has 0 aromatic heterocycles. The zero-order chi connectivity index (χ0) is 20.0. The van der Waals surface area contributed by atoms with E-state index < -0.39 is 5.97 Å². The van der Waals surface area contributed by atoms with E-state index in [1.165, 1.54) is 20.3 Å². The van der Waals surface area contributed by atoms with Crippen LogP contribution in [0.3, 0.4) is 0 Å². The molecule has 2 aromatic carbocycles. The molecule has 8 heteroatoms. The molecule has 0 saturated carbocycles. The van der Waals surface area contributed by atoms with E-state index >= 15 is 0 Å². The highest BCUT2D eigenvalue weighted by Gasteiger charge is 2.14. The predicted octanol–water partition coefficient (Wildman–Crippen LogP) is 5.42. The second-order valence-electron chi connectivity index (χ2n) is 5.22. The van der Waals surface area contributed by atoms with Crippen LogP contribution in [0.4, 0.5) is 0 Å². The standard InChI is InChI=1S/C19H14BrCl2NO4/c1-25-17-7-11(5-13(9-23)19(24)26-2)6-15(20)18(17)27-10-12-3-4-14(21)8-16(12)22/h3-8H,10H2,1-2H3/b13-5+. The van der Waals surface area contributed by atoms with Crippen molar-refractivity contribution >= 4 is 51.2 Å². The molecular formula is C19H14BrCl2NO4. The Hall–Kier alpha value is -2.20. The zero-order valence-corrected chi connectivity index (χ0v) is 17.5. The van der Waals surface area contributed by atoms with Crippen LogP contribution in [0, 0.1) is 11.3 Å². The highest BCUT2D eigenvalue weighted by molar-refractivity contribution is 9.10. The molecular weight excluding hydrogens is 457 g/mol. The molecule has 2 aromatic rings. The van der Waals surface area contributed by atoms with Crippen molar-refractivity contribution in [3.63, 3.8) is 0 Å². The van der Waals surface area contributed by atoms with Gasteiger partial charge in [-0.05, 0) is 51.8 Å². The summed E-state index contributed by atoms with van der Waals surface area (Å²) in [5.41, 5.74) is 1.20. The number of carbonyl (C=O) groups excluding carboxylic acids is 1. The summed E-state index contributed by atoms with van der Waals surface area (Å²) >= 11 is 15.5. The fraction of sp³-hybridized carbons (Fsp3) is 0.158. The van der Waals surface area contributed by atoms with Crippen LogP contribution in [0.5, 0.6) is 11.5 Å². The van der Waals surface area contributed by atoms with Crippen LogP contribution in [0.15, 0.2) is 40.4 Å². The maximum Gasteiger partial charge on any atom is 0.348 e. The molecule has 0 amide bonds. The largest absolute Gasteiger partial charge is 0.493 e. The van der Waals surface area contributed by atoms with Crippen molar-refractivity contribution in [2.75, 3.05) is 14.2 Å². The monoisotopic (exact) mass is 469 g/mol. The lowest BCUT2D eigenvalue weighted by Gasteiger charge is -2.14. The molecule has 140 valence electrons. The van der Waals surface area contributed by atoms with Crippen LogP contribution < -0.4 is 9.47 Å². The molecule has 27 heavy (non-hydrogen) atoms. The summed E-state index contributed by atoms with van der Waals surface area (Å²) in [7, 11) is 2.70. The first kappa shape index (κ1) is 21.1. The van der Waals surface area contributed by atoms with Crippen molar-refractivity contribution in [1.29, 1.82) is 5.26 Å². The molecule has 0 fully saturated rings. The van der Waals surface area contributed by atoms with Crippen LogP contribution in [0.1, 0.15) is 11.1 Å². The second kappa shape index (κ2) is 9.65. The van der Waals surface area contributed by atoms with Gasteiger partial charge < -0.3 is 14.2 Å². The van der Waals surface area contributed by atoms with Crippen LogP contribution in [0.2, 0.25) is 10.0 Å². The molecule has 0 saturated heterocycles. The third-order valence-corrected chi connectivity index (χ3v) is 4.65. The fourth-order valence-electron chi connectivity index (χ4n) is 2.17. The minimum atomic E-state index is -0.717. The van der Waals surface area contributed by atoms with Gasteiger partial charge in [0, 0.05) is 15.6 Å². The van der Waals surface area contributed by atoms with Gasteiger partial charge in [-0.15, -0.1) is 0 Å². The molecule has 0 heterocycles. The van der Waals surface area contributed by atoms with Gasteiger partial charge in [0.2, 0.25) is 0 Å². The van der Waals surface area contributed by atoms with Gasteiger partial charge in [-0.3, -0.25) is 0 Å². The number of benzene rings is 2. The first-order valence-corrected chi connectivity index (χ1v) is 9.08. The summed E-state index contributed by atoms with van der Waals surface area (Å²) in [6, 6.07) is 10.3. The smallest absolute Gasteiger partial charge is 0.348 e. The number of nitrogens with zero attached hydrogens (tertiary/aromatic N) is 1. The van der Waals surface area contributed by atoms with Crippen molar-refractivity contribution < 1.29 is 19.0 Å². The van der Waals surface area contributed by atoms with Gasteiger partial charge in [-0.1, -0.05) is 29.3 Å². The topological polar surface area (TPSA) is 68.6 Å². The molecule has 0 atom stereocenters. The summed E-state index contributed by atoms with van der Waals surface area (Å²) in [5.74, 6) is 0.158. The minimum Gasteiger partial charge on any atom is -0.493 e. The summed E-state index contributed by atoms with van der Waals surface area (Å²) in [6.45, 7) is 0.200. The Morgan fingerprint density at radius 2 is 2.00 bits per heavy atom. The average Bonchev–Trinajstić information content (AvgIpc) is 2.65. The molecule has 0 radical (unpaired) electrons. The normalized spacial score (nSPS) is 10.9. The van der Waals surface area contributed by atoms with E-state index in [1.54, 1.807) is 36.4 Å². The van der Waals surface area contributed by atoms with Gasteiger partial charge in [-0.25, -0.2) is 4.79 Å². The molecule has 0 bridgehead atoms. The van der Waals surface area contributed by atoms with Crippen molar-refractivity contribution in [2.24, 2.45) is 0 Å². The molecule has 0 unspecified atom stereocenters. The Kier molecular flexibility index (Phi) is 7.55. The van der Waals surface area contributed by atoms with E-state index in [4.69, 9.17) is 37.9 Å². The number of halogens is 3. The van der Waals surface area contributed by atoms with E-state index in [2.05, 4.69) is 20.7 Å². The first-order valence-electron chi connectivity index (χ1n) is 7.54. The van der Waals surface area contributed by atoms with Crippen molar-refractivity contribution in [1.82, 2.24) is 0 Å². The van der Waals surface area contributed by atoms with Crippen LogP contribution in [-0.2, 0) is 16.1 Å². The zero-order valence-electron chi connectivity index (χ0n) is 14.4. The second-order valence-corrected chi connectivity index (χ2v) is 6.92. The Morgan fingerprint density at radius 3 is 2.59 bits per heavy atom. The summed E-state index contributed by atoms with van der Waals surface area (Å²) in [5, 5.41) is 10.1. The van der Waals surface area contributed by atoms with E-state index in [0.29, 0.717) is 31.6 Å².